The van der Waals surface area contributed by atoms with E-state index in [4.69, 9.17) is 5.14 Å². The van der Waals surface area contributed by atoms with Gasteiger partial charge in [0.1, 0.15) is 5.82 Å². The molecular formula is C25H25FN2O2S. The quantitative estimate of drug-likeness (QED) is 0.527. The van der Waals surface area contributed by atoms with Crippen LogP contribution in [0.2, 0.25) is 0 Å². The van der Waals surface area contributed by atoms with Gasteiger partial charge in [0.05, 0.1) is 4.90 Å². The van der Waals surface area contributed by atoms with Crippen LogP contribution in [0.3, 0.4) is 0 Å². The number of hydrogen-bond acceptors (Lipinski definition) is 2. The lowest BCUT2D eigenvalue weighted by atomic mass is 9.93. The minimum absolute atomic E-state index is 0.0940. The van der Waals surface area contributed by atoms with Gasteiger partial charge in [-0.3, -0.25) is 0 Å². The van der Waals surface area contributed by atoms with Crippen molar-refractivity contribution in [3.8, 4) is 11.3 Å². The summed E-state index contributed by atoms with van der Waals surface area (Å²) in [6, 6.07) is 15.2. The predicted octanol–water partition coefficient (Wildman–Crippen LogP) is 5.57. The third kappa shape index (κ3) is 4.86. The van der Waals surface area contributed by atoms with Gasteiger partial charge in [0.15, 0.2) is 0 Å². The number of hydrogen-bond donors (Lipinski definition) is 2. The molecule has 1 aliphatic carbocycles. The van der Waals surface area contributed by atoms with Gasteiger partial charge in [0.25, 0.3) is 0 Å². The molecule has 4 nitrogen and oxygen atoms in total. The zero-order valence-corrected chi connectivity index (χ0v) is 18.2. The highest BCUT2D eigenvalue weighted by molar-refractivity contribution is 7.89. The lowest BCUT2D eigenvalue weighted by Crippen LogP contribution is -2.11. The molecular weight excluding hydrogens is 411 g/mol. The third-order valence-corrected chi connectivity index (χ3v) is 6.55. The summed E-state index contributed by atoms with van der Waals surface area (Å²) in [7, 11) is -3.74. The zero-order valence-electron chi connectivity index (χ0n) is 17.4. The molecule has 1 aromatic heterocycles. The lowest BCUT2D eigenvalue weighted by Gasteiger charge is -2.12. The number of primary sulfonamides is 1. The van der Waals surface area contributed by atoms with Crippen LogP contribution in [-0.2, 0) is 16.4 Å². The molecule has 0 unspecified atom stereocenters. The Labute approximate surface area is 182 Å². The molecule has 0 aliphatic heterocycles. The van der Waals surface area contributed by atoms with E-state index in [0.29, 0.717) is 0 Å². The number of aromatic amines is 1. The summed E-state index contributed by atoms with van der Waals surface area (Å²) < 4.78 is 36.7. The Hall–Kier alpha value is -2.96. The summed E-state index contributed by atoms with van der Waals surface area (Å²) in [5.41, 5.74) is 7.37. The van der Waals surface area contributed by atoms with Crippen LogP contribution in [0.25, 0.3) is 16.8 Å². The van der Waals surface area contributed by atoms with E-state index in [9.17, 15) is 12.8 Å². The van der Waals surface area contributed by atoms with Gasteiger partial charge >= 0.3 is 0 Å². The van der Waals surface area contributed by atoms with Crippen LogP contribution in [0.1, 0.15) is 43.0 Å². The molecule has 0 saturated heterocycles. The first-order valence-electron chi connectivity index (χ1n) is 10.3. The predicted molar refractivity (Wildman–Crippen MR) is 122 cm³/mol. The molecule has 3 aromatic rings. The number of fused-ring (bicyclic) bond motifs is 1. The van der Waals surface area contributed by atoms with Crippen LogP contribution in [0.4, 0.5) is 4.39 Å². The number of benzene rings is 2. The second-order valence-corrected chi connectivity index (χ2v) is 9.46. The first-order valence-corrected chi connectivity index (χ1v) is 11.8. The molecule has 3 N–H and O–H groups in total. The van der Waals surface area contributed by atoms with Crippen LogP contribution in [0.15, 0.2) is 77.2 Å². The topological polar surface area (TPSA) is 76.0 Å². The van der Waals surface area contributed by atoms with E-state index in [0.717, 1.165) is 59.3 Å². The minimum atomic E-state index is -3.74. The molecule has 0 saturated carbocycles. The normalized spacial score (nSPS) is 15.1. The molecule has 0 amide bonds. The number of nitrogens with two attached hydrogens (primary N) is 1. The number of aromatic nitrogens is 1. The Morgan fingerprint density at radius 1 is 0.903 bits per heavy atom. The third-order valence-electron chi connectivity index (χ3n) is 5.62. The number of sulfonamides is 1. The van der Waals surface area contributed by atoms with Crippen molar-refractivity contribution < 1.29 is 12.8 Å². The highest BCUT2D eigenvalue weighted by Crippen LogP contribution is 2.33. The average molecular weight is 437 g/mol. The number of allylic oxidation sites excluding steroid dienone is 3. The second kappa shape index (κ2) is 8.65. The summed E-state index contributed by atoms with van der Waals surface area (Å²) in [5, 5.41) is 5.26. The van der Waals surface area contributed by atoms with Gasteiger partial charge in [-0.25, -0.2) is 17.9 Å². The maximum atomic E-state index is 13.4. The summed E-state index contributed by atoms with van der Waals surface area (Å²) in [6.07, 6.45) is 8.10. The Morgan fingerprint density at radius 2 is 1.55 bits per heavy atom. The largest absolute Gasteiger partial charge is 0.358 e. The van der Waals surface area contributed by atoms with E-state index >= 15 is 0 Å². The monoisotopic (exact) mass is 436 g/mol. The number of nitrogens with one attached hydrogen (secondary N) is 1. The zero-order chi connectivity index (χ0) is 22.0. The van der Waals surface area contributed by atoms with Gasteiger partial charge in [0, 0.05) is 17.0 Å². The van der Waals surface area contributed by atoms with Crippen LogP contribution in [-0.4, -0.2) is 13.4 Å². The molecule has 0 atom stereocenters. The van der Waals surface area contributed by atoms with Gasteiger partial charge < -0.3 is 4.98 Å². The average Bonchev–Trinajstić information content (AvgIpc) is 3.16. The fourth-order valence-corrected chi connectivity index (χ4v) is 4.42. The Balaban J connectivity index is 1.82. The fourth-order valence-electron chi connectivity index (χ4n) is 3.91. The number of H-pyrrole nitrogens is 1. The van der Waals surface area contributed by atoms with Gasteiger partial charge in [-0.15, -0.1) is 0 Å². The lowest BCUT2D eigenvalue weighted by molar-refractivity contribution is 0.598. The van der Waals surface area contributed by atoms with E-state index in [2.05, 4.69) is 30.1 Å². The molecule has 6 heteroatoms. The Bertz CT molecular complexity index is 1250. The number of halogens is 1. The van der Waals surface area contributed by atoms with E-state index in [1.807, 2.05) is 0 Å². The highest BCUT2D eigenvalue weighted by Gasteiger charge is 2.17. The summed E-state index contributed by atoms with van der Waals surface area (Å²) >= 11 is 0. The van der Waals surface area contributed by atoms with E-state index in [-0.39, 0.29) is 10.7 Å². The first-order chi connectivity index (χ1) is 14.8. The van der Waals surface area contributed by atoms with Gasteiger partial charge in [-0.2, -0.15) is 0 Å². The molecule has 0 spiro atoms. The molecule has 0 fully saturated rings. The molecule has 31 heavy (non-hydrogen) atoms. The van der Waals surface area contributed by atoms with E-state index < -0.39 is 10.0 Å². The summed E-state index contributed by atoms with van der Waals surface area (Å²) in [4.78, 5) is 3.63. The molecule has 1 heterocycles. The van der Waals surface area contributed by atoms with Crippen molar-refractivity contribution in [2.75, 3.05) is 0 Å². The van der Waals surface area contributed by atoms with Crippen LogP contribution < -0.4 is 5.14 Å². The van der Waals surface area contributed by atoms with Gasteiger partial charge in [-0.05, 0) is 91.8 Å². The number of aryl methyl sites for hydroxylation is 1. The minimum Gasteiger partial charge on any atom is -0.358 e. The SMILES string of the molecule is CC1=CCCC=C(c2ccc(S(N)(=O)=O)cc2)c2cc(-c3ccc(F)cc3)[nH]c2CC1. The second-order valence-electron chi connectivity index (χ2n) is 7.90. The van der Waals surface area contributed by atoms with E-state index in [1.54, 1.807) is 36.4 Å². The maximum absolute atomic E-state index is 13.4. The van der Waals surface area contributed by atoms with Crippen LogP contribution in [0.5, 0.6) is 0 Å². The summed E-state index contributed by atoms with van der Waals surface area (Å²) in [5.74, 6) is -0.266. The van der Waals surface area contributed by atoms with Crippen molar-refractivity contribution in [2.45, 2.75) is 37.5 Å². The summed E-state index contributed by atoms with van der Waals surface area (Å²) in [6.45, 7) is 2.15. The van der Waals surface area contributed by atoms with Crippen molar-refractivity contribution in [1.82, 2.24) is 4.98 Å². The van der Waals surface area contributed by atoms with Gasteiger partial charge in [0.2, 0.25) is 10.0 Å². The van der Waals surface area contributed by atoms with Crippen molar-refractivity contribution in [3.05, 3.63) is 95.0 Å². The van der Waals surface area contributed by atoms with Crippen molar-refractivity contribution in [3.63, 3.8) is 0 Å². The van der Waals surface area contributed by atoms with Crippen molar-refractivity contribution in [2.24, 2.45) is 5.14 Å². The molecule has 0 radical (unpaired) electrons. The molecule has 0 bridgehead atoms. The molecule has 1 aliphatic rings. The Morgan fingerprint density at radius 3 is 2.23 bits per heavy atom. The Kier molecular flexibility index (Phi) is 5.94. The van der Waals surface area contributed by atoms with Crippen molar-refractivity contribution in [1.29, 1.82) is 0 Å². The van der Waals surface area contributed by atoms with Gasteiger partial charge in [-0.1, -0.05) is 29.9 Å². The van der Waals surface area contributed by atoms with Crippen molar-refractivity contribution >= 4 is 15.6 Å². The van der Waals surface area contributed by atoms with E-state index in [1.165, 1.54) is 17.7 Å². The first kappa shape index (κ1) is 21.3. The maximum Gasteiger partial charge on any atom is 0.238 e. The number of rotatable bonds is 3. The fraction of sp³-hybridized carbons (Fsp3) is 0.200. The standard InChI is InChI=1S/C25H25FN2O2S/c1-17-4-2-3-5-22(18-9-13-21(14-10-18)31(27,29)30)23-16-25(28-24(23)15-6-17)19-7-11-20(26)12-8-19/h4-5,7-14,16,28H,2-3,6,15H2,1H3,(H2,27,29,30). The molecule has 160 valence electrons. The van der Waals surface area contributed by atoms with Crippen LogP contribution in [0, 0.1) is 5.82 Å². The molecule has 2 aromatic carbocycles. The smallest absolute Gasteiger partial charge is 0.238 e. The van der Waals surface area contributed by atoms with Crippen LogP contribution >= 0.6 is 0 Å². The highest BCUT2D eigenvalue weighted by atomic mass is 32.2. The molecule has 4 rings (SSSR count).